The van der Waals surface area contributed by atoms with Crippen LogP contribution in [0.2, 0.25) is 10.0 Å². The minimum absolute atomic E-state index is 0.368. The van der Waals surface area contributed by atoms with Crippen LogP contribution >= 0.6 is 34.5 Å². The summed E-state index contributed by atoms with van der Waals surface area (Å²) in [6.07, 6.45) is 1.55. The monoisotopic (exact) mass is 338 g/mol. The smallest absolute Gasteiger partial charge is 0.317 e. The predicted molar refractivity (Wildman–Crippen MR) is 86.1 cm³/mol. The average Bonchev–Trinajstić information content (AvgIpc) is 2.82. The number of anilines is 1. The number of rotatable bonds is 2. The number of halogens is 2. The second-order valence-electron chi connectivity index (χ2n) is 4.11. The van der Waals surface area contributed by atoms with E-state index in [0.717, 1.165) is 0 Å². The lowest BCUT2D eigenvalue weighted by Gasteiger charge is -2.02. The zero-order valence-corrected chi connectivity index (χ0v) is 12.8. The molecule has 8 heteroatoms. The number of aromatic nitrogens is 2. The number of fused-ring (bicyclic) bond motifs is 1. The highest BCUT2D eigenvalue weighted by Crippen LogP contribution is 2.40. The van der Waals surface area contributed by atoms with Crippen LogP contribution in [-0.2, 0) is 0 Å². The summed E-state index contributed by atoms with van der Waals surface area (Å²) in [6.45, 7) is 0. The van der Waals surface area contributed by atoms with Gasteiger partial charge in [0.05, 0.1) is 20.3 Å². The van der Waals surface area contributed by atoms with Gasteiger partial charge in [0.25, 0.3) is 0 Å². The maximum Gasteiger partial charge on any atom is 0.317 e. The van der Waals surface area contributed by atoms with Crippen molar-refractivity contribution >= 4 is 56.6 Å². The molecule has 106 valence electrons. The minimum Gasteiger partial charge on any atom is -0.351 e. The van der Waals surface area contributed by atoms with E-state index in [1.807, 2.05) is 0 Å². The van der Waals surface area contributed by atoms with Crippen molar-refractivity contribution < 1.29 is 4.79 Å². The average molecular weight is 339 g/mol. The number of urea groups is 1. The van der Waals surface area contributed by atoms with Crippen molar-refractivity contribution in [2.24, 2.45) is 5.73 Å². The number of thiazole rings is 1. The number of carbonyl (C=O) groups is 1. The maximum absolute atomic E-state index is 11.0. The topological polar surface area (TPSA) is 80.9 Å². The molecule has 0 fully saturated rings. The van der Waals surface area contributed by atoms with Gasteiger partial charge in [-0.15, -0.1) is 11.3 Å². The molecule has 0 aliphatic rings. The summed E-state index contributed by atoms with van der Waals surface area (Å²) in [6, 6.07) is 6.32. The normalized spacial score (nSPS) is 10.8. The lowest BCUT2D eigenvalue weighted by Crippen LogP contribution is -2.19. The van der Waals surface area contributed by atoms with Crippen molar-refractivity contribution in [3.8, 4) is 10.6 Å². The van der Waals surface area contributed by atoms with Gasteiger partial charge in [-0.05, 0) is 18.2 Å². The van der Waals surface area contributed by atoms with Gasteiger partial charge in [-0.2, -0.15) is 0 Å². The molecule has 3 rings (SSSR count). The molecule has 0 saturated carbocycles. The number of hydrogen-bond acceptors (Lipinski definition) is 4. The highest BCUT2D eigenvalue weighted by molar-refractivity contribution is 7.22. The van der Waals surface area contributed by atoms with Gasteiger partial charge in [-0.3, -0.25) is 5.32 Å². The first kappa shape index (κ1) is 14.1. The van der Waals surface area contributed by atoms with Crippen molar-refractivity contribution in [3.63, 3.8) is 0 Å². The molecule has 0 aliphatic heterocycles. The van der Waals surface area contributed by atoms with Gasteiger partial charge in [0.2, 0.25) is 0 Å². The molecule has 0 radical (unpaired) electrons. The van der Waals surface area contributed by atoms with Gasteiger partial charge in [0, 0.05) is 11.8 Å². The third kappa shape index (κ3) is 2.65. The van der Waals surface area contributed by atoms with Crippen molar-refractivity contribution in [1.29, 1.82) is 0 Å². The lowest BCUT2D eigenvalue weighted by atomic mass is 10.2. The first-order valence-electron chi connectivity index (χ1n) is 5.82. The summed E-state index contributed by atoms with van der Waals surface area (Å²) in [4.78, 5) is 19.6. The molecule has 2 heterocycles. The third-order valence-corrected chi connectivity index (χ3v) is 4.45. The molecule has 3 aromatic rings. The van der Waals surface area contributed by atoms with Crippen LogP contribution < -0.4 is 11.1 Å². The fraction of sp³-hybridized carbons (Fsp3) is 0. The second kappa shape index (κ2) is 5.48. The van der Waals surface area contributed by atoms with E-state index in [9.17, 15) is 4.79 Å². The largest absolute Gasteiger partial charge is 0.351 e. The third-order valence-electron chi connectivity index (χ3n) is 2.72. The van der Waals surface area contributed by atoms with Crippen molar-refractivity contribution in [1.82, 2.24) is 9.97 Å². The summed E-state index contributed by atoms with van der Waals surface area (Å²) in [5.41, 5.74) is 6.48. The maximum atomic E-state index is 11.0. The Morgan fingerprint density at radius 2 is 1.95 bits per heavy atom. The summed E-state index contributed by atoms with van der Waals surface area (Å²) >= 11 is 13.7. The molecule has 21 heavy (non-hydrogen) atoms. The molecule has 5 nitrogen and oxygen atoms in total. The molecule has 0 aliphatic carbocycles. The van der Waals surface area contributed by atoms with Crippen LogP contribution in [0.25, 0.3) is 20.8 Å². The van der Waals surface area contributed by atoms with Gasteiger partial charge in [-0.25, -0.2) is 14.8 Å². The summed E-state index contributed by atoms with van der Waals surface area (Å²) < 4.78 is 0.710. The number of nitrogens with zero attached hydrogens (tertiary/aromatic N) is 2. The number of carbonyl (C=O) groups excluding carboxylic acids is 1. The molecule has 1 aromatic carbocycles. The number of benzene rings is 1. The van der Waals surface area contributed by atoms with Crippen molar-refractivity contribution in [2.45, 2.75) is 0 Å². The van der Waals surface area contributed by atoms with Gasteiger partial charge < -0.3 is 5.73 Å². The standard InChI is InChI=1S/C13H8Cl2N4OS/c14-6-2-1-3-7(15)9(6)12-18-8-4-5-17-11(10(8)21-12)19-13(16)20/h1-5H,(H3,16,17,19,20). The number of hydrogen-bond donors (Lipinski definition) is 2. The van der Waals surface area contributed by atoms with Gasteiger partial charge in [0.15, 0.2) is 5.82 Å². The quantitative estimate of drug-likeness (QED) is 0.736. The van der Waals surface area contributed by atoms with Crippen molar-refractivity contribution in [3.05, 3.63) is 40.5 Å². The van der Waals surface area contributed by atoms with Crippen LogP contribution in [0.5, 0.6) is 0 Å². The zero-order chi connectivity index (χ0) is 15.0. The Labute approximate surface area is 133 Å². The molecule has 3 N–H and O–H groups in total. The van der Waals surface area contributed by atoms with Crippen LogP contribution in [0.4, 0.5) is 10.6 Å². The Balaban J connectivity index is 2.20. The Morgan fingerprint density at radius 1 is 1.24 bits per heavy atom. The molecule has 0 saturated heterocycles. The van der Waals surface area contributed by atoms with Crippen molar-refractivity contribution in [2.75, 3.05) is 5.32 Å². The molecule has 0 bridgehead atoms. The van der Waals surface area contributed by atoms with Gasteiger partial charge in [-0.1, -0.05) is 29.3 Å². The number of primary amides is 1. The van der Waals surface area contributed by atoms with Gasteiger partial charge in [0.1, 0.15) is 5.01 Å². The van der Waals surface area contributed by atoms with Crippen LogP contribution in [0, 0.1) is 0 Å². The second-order valence-corrected chi connectivity index (χ2v) is 5.93. The fourth-order valence-electron chi connectivity index (χ4n) is 1.87. The molecule has 2 amide bonds. The first-order valence-corrected chi connectivity index (χ1v) is 7.40. The van der Waals surface area contributed by atoms with E-state index in [1.54, 1.807) is 30.5 Å². The molecule has 0 spiro atoms. The van der Waals surface area contributed by atoms with E-state index in [0.29, 0.717) is 36.7 Å². The number of nitrogens with two attached hydrogens (primary N) is 1. The number of nitrogens with one attached hydrogen (secondary N) is 1. The van der Waals surface area contributed by atoms with E-state index >= 15 is 0 Å². The van der Waals surface area contributed by atoms with Crippen LogP contribution in [0.15, 0.2) is 30.5 Å². The molecule has 0 atom stereocenters. The first-order chi connectivity index (χ1) is 10.1. The van der Waals surface area contributed by atoms with Crippen LogP contribution in [0.1, 0.15) is 0 Å². The van der Waals surface area contributed by atoms with Crippen LogP contribution in [0.3, 0.4) is 0 Å². The highest BCUT2D eigenvalue weighted by atomic mass is 35.5. The minimum atomic E-state index is -0.680. The van der Waals surface area contributed by atoms with E-state index in [1.165, 1.54) is 11.3 Å². The Hall–Kier alpha value is -1.89. The summed E-state index contributed by atoms with van der Waals surface area (Å²) in [5, 5.41) is 4.15. The highest BCUT2D eigenvalue weighted by Gasteiger charge is 2.16. The predicted octanol–water partition coefficient (Wildman–Crippen LogP) is 4.16. The van der Waals surface area contributed by atoms with E-state index in [4.69, 9.17) is 28.9 Å². The Morgan fingerprint density at radius 3 is 2.62 bits per heavy atom. The van der Waals surface area contributed by atoms with Gasteiger partial charge >= 0.3 is 6.03 Å². The van der Waals surface area contributed by atoms with E-state index in [-0.39, 0.29) is 0 Å². The summed E-state index contributed by atoms with van der Waals surface area (Å²) in [7, 11) is 0. The SMILES string of the molecule is NC(=O)Nc1nccc2nc(-c3c(Cl)cccc3Cl)sc12. The van der Waals surface area contributed by atoms with E-state index in [2.05, 4.69) is 15.3 Å². The number of pyridine rings is 1. The molecular weight excluding hydrogens is 331 g/mol. The summed E-state index contributed by atoms with van der Waals surface area (Å²) in [5.74, 6) is 0.368. The zero-order valence-electron chi connectivity index (χ0n) is 10.4. The Kier molecular flexibility index (Phi) is 3.67. The molecular formula is C13H8Cl2N4OS. The molecule has 0 unspecified atom stereocenters. The molecule has 2 aromatic heterocycles. The van der Waals surface area contributed by atoms with Crippen LogP contribution in [-0.4, -0.2) is 16.0 Å². The lowest BCUT2D eigenvalue weighted by molar-refractivity contribution is 0.259. The fourth-order valence-corrected chi connectivity index (χ4v) is 3.64. The van der Waals surface area contributed by atoms with E-state index < -0.39 is 6.03 Å². The number of amides is 2. The Bertz CT molecular complexity index is 829.